The summed E-state index contributed by atoms with van der Waals surface area (Å²) in [5, 5.41) is 2.76. The van der Waals surface area contributed by atoms with Gasteiger partial charge in [-0.05, 0) is 36.8 Å². The van der Waals surface area contributed by atoms with Crippen LogP contribution in [0.15, 0.2) is 34.7 Å². The smallest absolute Gasteiger partial charge is 0.237 e. The number of nitrogens with zero attached hydrogens (tertiary/aromatic N) is 2. The minimum absolute atomic E-state index is 0.00823. The molecule has 2 aromatic rings. The molecule has 28 heavy (non-hydrogen) atoms. The van der Waals surface area contributed by atoms with E-state index in [2.05, 4.69) is 5.32 Å². The lowest BCUT2D eigenvalue weighted by Gasteiger charge is -2.35. The molecule has 0 radical (unpaired) electrons. The summed E-state index contributed by atoms with van der Waals surface area (Å²) in [6, 6.07) is 6.62. The number of rotatable bonds is 6. The third kappa shape index (κ3) is 4.75. The number of carbonyl (C=O) groups excluding carboxylic acids is 2. The zero-order valence-corrected chi connectivity index (χ0v) is 15.9. The third-order valence-corrected chi connectivity index (χ3v) is 4.79. The molecule has 2 amide bonds. The Labute approximate surface area is 162 Å². The lowest BCUT2D eigenvalue weighted by molar-refractivity contribution is -0.138. The molecule has 1 aromatic carbocycles. The van der Waals surface area contributed by atoms with E-state index in [4.69, 9.17) is 4.42 Å². The Morgan fingerprint density at radius 3 is 2.75 bits per heavy atom. The molecule has 6 nitrogen and oxygen atoms in total. The zero-order chi connectivity index (χ0) is 20.3. The van der Waals surface area contributed by atoms with E-state index in [1.807, 2.05) is 24.0 Å². The fourth-order valence-electron chi connectivity index (χ4n) is 3.26. The van der Waals surface area contributed by atoms with Gasteiger partial charge >= 0.3 is 0 Å². The summed E-state index contributed by atoms with van der Waals surface area (Å²) in [4.78, 5) is 28.3. The van der Waals surface area contributed by atoms with Crippen molar-refractivity contribution in [2.45, 2.75) is 32.5 Å². The summed E-state index contributed by atoms with van der Waals surface area (Å²) in [6.45, 7) is 3.35. The van der Waals surface area contributed by atoms with Crippen molar-refractivity contribution in [1.29, 1.82) is 0 Å². The molecule has 0 aliphatic carbocycles. The fraction of sp³-hybridized carbons (Fsp3) is 0.400. The van der Waals surface area contributed by atoms with Gasteiger partial charge in [0.15, 0.2) is 11.6 Å². The average Bonchev–Trinajstić information content (AvgIpc) is 3.05. The SMILES string of the molecule is Cc1ccc(CN(C)C(=O)CC2C(=O)NCCN2Cc2ccc(F)c(F)c2)o1. The largest absolute Gasteiger partial charge is 0.464 e. The van der Waals surface area contributed by atoms with Crippen LogP contribution in [-0.4, -0.2) is 47.8 Å². The van der Waals surface area contributed by atoms with E-state index in [1.165, 1.54) is 11.0 Å². The first kappa shape index (κ1) is 20.0. The Bertz CT molecular complexity index is 868. The quantitative estimate of drug-likeness (QED) is 0.820. The average molecular weight is 391 g/mol. The first-order valence-electron chi connectivity index (χ1n) is 9.08. The second-order valence-corrected chi connectivity index (χ2v) is 6.99. The van der Waals surface area contributed by atoms with Gasteiger partial charge in [0.25, 0.3) is 0 Å². The van der Waals surface area contributed by atoms with Crippen molar-refractivity contribution in [2.24, 2.45) is 0 Å². The first-order valence-corrected chi connectivity index (χ1v) is 9.08. The molecular formula is C20H23F2N3O3. The molecule has 0 bridgehead atoms. The molecule has 1 fully saturated rings. The molecule has 1 saturated heterocycles. The molecule has 8 heteroatoms. The van der Waals surface area contributed by atoms with Gasteiger partial charge in [0.2, 0.25) is 11.8 Å². The number of piperazine rings is 1. The van der Waals surface area contributed by atoms with Crippen LogP contribution < -0.4 is 5.32 Å². The zero-order valence-electron chi connectivity index (χ0n) is 15.9. The molecule has 150 valence electrons. The van der Waals surface area contributed by atoms with E-state index in [1.54, 1.807) is 7.05 Å². The van der Waals surface area contributed by atoms with Crippen molar-refractivity contribution < 1.29 is 22.8 Å². The highest BCUT2D eigenvalue weighted by Crippen LogP contribution is 2.17. The number of furan rings is 1. The van der Waals surface area contributed by atoms with Crippen molar-refractivity contribution in [3.8, 4) is 0 Å². The van der Waals surface area contributed by atoms with E-state index in [-0.39, 0.29) is 24.8 Å². The highest BCUT2D eigenvalue weighted by atomic mass is 19.2. The van der Waals surface area contributed by atoms with Gasteiger partial charge in [0.05, 0.1) is 19.0 Å². The van der Waals surface area contributed by atoms with Crippen LogP contribution in [0.25, 0.3) is 0 Å². The minimum atomic E-state index is -0.930. The van der Waals surface area contributed by atoms with E-state index < -0.39 is 17.7 Å². The fourth-order valence-corrected chi connectivity index (χ4v) is 3.26. The highest BCUT2D eigenvalue weighted by molar-refractivity contribution is 5.88. The molecule has 1 N–H and O–H groups in total. The van der Waals surface area contributed by atoms with Crippen molar-refractivity contribution >= 4 is 11.8 Å². The summed E-state index contributed by atoms with van der Waals surface area (Å²) < 4.78 is 32.1. The van der Waals surface area contributed by atoms with Gasteiger partial charge in [-0.1, -0.05) is 6.07 Å². The summed E-state index contributed by atoms with van der Waals surface area (Å²) in [5.41, 5.74) is 0.547. The molecule has 1 aliphatic rings. The van der Waals surface area contributed by atoms with Crippen LogP contribution in [0, 0.1) is 18.6 Å². The summed E-state index contributed by atoms with van der Waals surface area (Å²) in [5.74, 6) is -0.863. The van der Waals surface area contributed by atoms with Crippen molar-refractivity contribution in [2.75, 3.05) is 20.1 Å². The van der Waals surface area contributed by atoms with Crippen molar-refractivity contribution in [1.82, 2.24) is 15.1 Å². The topological polar surface area (TPSA) is 65.8 Å². The summed E-state index contributed by atoms with van der Waals surface area (Å²) in [7, 11) is 1.65. The van der Waals surface area contributed by atoms with Gasteiger partial charge in [0.1, 0.15) is 11.5 Å². The van der Waals surface area contributed by atoms with E-state index in [9.17, 15) is 18.4 Å². The van der Waals surface area contributed by atoms with Crippen LogP contribution in [0.4, 0.5) is 8.78 Å². The molecule has 1 aromatic heterocycles. The number of hydrogen-bond acceptors (Lipinski definition) is 4. The van der Waals surface area contributed by atoms with Gasteiger partial charge in [-0.2, -0.15) is 0 Å². The van der Waals surface area contributed by atoms with Gasteiger partial charge in [0, 0.05) is 26.7 Å². The maximum atomic E-state index is 13.5. The third-order valence-electron chi connectivity index (χ3n) is 4.79. The Morgan fingerprint density at radius 1 is 1.29 bits per heavy atom. The Balaban J connectivity index is 1.66. The number of hydrogen-bond donors (Lipinski definition) is 1. The van der Waals surface area contributed by atoms with Gasteiger partial charge in [-0.25, -0.2) is 8.78 Å². The number of aryl methyl sites for hydroxylation is 1. The molecule has 1 unspecified atom stereocenters. The maximum Gasteiger partial charge on any atom is 0.237 e. The van der Waals surface area contributed by atoms with Crippen LogP contribution >= 0.6 is 0 Å². The highest BCUT2D eigenvalue weighted by Gasteiger charge is 2.32. The molecule has 2 heterocycles. The van der Waals surface area contributed by atoms with Crippen molar-refractivity contribution in [3.63, 3.8) is 0 Å². The Hall–Kier alpha value is -2.74. The Morgan fingerprint density at radius 2 is 2.07 bits per heavy atom. The molecule has 3 rings (SSSR count). The van der Waals surface area contributed by atoms with E-state index in [0.717, 1.165) is 17.9 Å². The van der Waals surface area contributed by atoms with E-state index in [0.29, 0.717) is 31.0 Å². The molecule has 0 spiro atoms. The van der Waals surface area contributed by atoms with Crippen LogP contribution in [-0.2, 0) is 22.7 Å². The standard InChI is InChI=1S/C20H23F2N3O3/c1-13-3-5-15(28-13)12-24(2)19(26)10-18-20(27)23-7-8-25(18)11-14-4-6-16(21)17(22)9-14/h3-6,9,18H,7-8,10-12H2,1-2H3,(H,23,27). The normalized spacial score (nSPS) is 17.4. The number of carbonyl (C=O) groups is 2. The lowest BCUT2D eigenvalue weighted by atomic mass is 10.1. The van der Waals surface area contributed by atoms with Crippen LogP contribution in [0.1, 0.15) is 23.5 Å². The first-order chi connectivity index (χ1) is 13.3. The molecular weight excluding hydrogens is 368 g/mol. The summed E-state index contributed by atoms with van der Waals surface area (Å²) in [6.07, 6.45) is -0.00823. The minimum Gasteiger partial charge on any atom is -0.464 e. The monoisotopic (exact) mass is 391 g/mol. The predicted octanol–water partition coefficient (Wildman–Crippen LogP) is 2.22. The van der Waals surface area contributed by atoms with Crippen LogP contribution in [0.2, 0.25) is 0 Å². The number of nitrogens with one attached hydrogen (secondary N) is 1. The number of benzene rings is 1. The van der Waals surface area contributed by atoms with Crippen LogP contribution in [0.5, 0.6) is 0 Å². The molecule has 1 atom stereocenters. The number of halogens is 2. The van der Waals surface area contributed by atoms with E-state index >= 15 is 0 Å². The lowest BCUT2D eigenvalue weighted by Crippen LogP contribution is -2.56. The van der Waals surface area contributed by atoms with Crippen LogP contribution in [0.3, 0.4) is 0 Å². The molecule has 1 aliphatic heterocycles. The summed E-state index contributed by atoms with van der Waals surface area (Å²) >= 11 is 0. The second kappa shape index (κ2) is 8.52. The van der Waals surface area contributed by atoms with Gasteiger partial charge in [-0.15, -0.1) is 0 Å². The van der Waals surface area contributed by atoms with Gasteiger partial charge < -0.3 is 14.6 Å². The molecule has 0 saturated carbocycles. The second-order valence-electron chi connectivity index (χ2n) is 6.99. The van der Waals surface area contributed by atoms with Crippen molar-refractivity contribution in [3.05, 3.63) is 59.1 Å². The number of amides is 2. The maximum absolute atomic E-state index is 13.5. The Kier molecular flexibility index (Phi) is 6.08. The predicted molar refractivity (Wildman–Crippen MR) is 98.1 cm³/mol. The van der Waals surface area contributed by atoms with Gasteiger partial charge in [-0.3, -0.25) is 14.5 Å².